The van der Waals surface area contributed by atoms with Crippen molar-refractivity contribution in [2.45, 2.75) is 52.7 Å². The highest BCUT2D eigenvalue weighted by Crippen LogP contribution is 2.38. The summed E-state index contributed by atoms with van der Waals surface area (Å²) in [4.78, 5) is 32.7. The van der Waals surface area contributed by atoms with Gasteiger partial charge in [-0.1, -0.05) is 47.9 Å². The molecule has 1 aromatic heterocycles. The molecule has 0 aliphatic carbocycles. The molecule has 0 bridgehead atoms. The number of carbonyl (C=O) groups is 1. The van der Waals surface area contributed by atoms with Gasteiger partial charge in [0.05, 0.1) is 35.6 Å². The van der Waals surface area contributed by atoms with E-state index in [2.05, 4.69) is 0 Å². The lowest BCUT2D eigenvalue weighted by molar-refractivity contribution is -0.139. The number of halogens is 2. The summed E-state index contributed by atoms with van der Waals surface area (Å²) < 4.78 is 19.0. The molecule has 1 aliphatic heterocycles. The molecule has 0 saturated carbocycles. The molecule has 0 spiro atoms. The minimum absolute atomic E-state index is 0.0708. The van der Waals surface area contributed by atoms with Crippen LogP contribution in [0.5, 0.6) is 11.5 Å². The van der Waals surface area contributed by atoms with Crippen LogP contribution in [0.4, 0.5) is 0 Å². The van der Waals surface area contributed by atoms with E-state index in [1.165, 1.54) is 23.0 Å². The highest BCUT2D eigenvalue weighted by molar-refractivity contribution is 7.07. The maximum absolute atomic E-state index is 14.1. The molecule has 0 saturated heterocycles. The van der Waals surface area contributed by atoms with Crippen molar-refractivity contribution in [2.75, 3.05) is 13.7 Å². The number of thiazole rings is 1. The van der Waals surface area contributed by atoms with Gasteiger partial charge in [0, 0.05) is 21.2 Å². The summed E-state index contributed by atoms with van der Waals surface area (Å²) in [6, 6.07) is 9.56. The van der Waals surface area contributed by atoms with Crippen molar-refractivity contribution in [3.63, 3.8) is 0 Å². The number of aromatic nitrogens is 1. The van der Waals surface area contributed by atoms with E-state index in [0.717, 1.165) is 6.42 Å². The Morgan fingerprint density at radius 1 is 1.13 bits per heavy atom. The minimum atomic E-state index is -0.844. The van der Waals surface area contributed by atoms with Crippen LogP contribution in [0, 0.1) is 0 Å². The maximum Gasteiger partial charge on any atom is 0.338 e. The number of benzene rings is 2. The fraction of sp³-hybridized carbons (Fsp3) is 0.345. The molecule has 0 radical (unpaired) electrons. The molecule has 1 atom stereocenters. The first-order chi connectivity index (χ1) is 18.7. The molecule has 3 aromatic rings. The van der Waals surface area contributed by atoms with Gasteiger partial charge in [-0.3, -0.25) is 9.36 Å². The van der Waals surface area contributed by atoms with E-state index in [9.17, 15) is 9.59 Å². The quantitative estimate of drug-likeness (QED) is 0.300. The number of nitrogens with zero attached hydrogens (tertiary/aromatic N) is 2. The maximum atomic E-state index is 14.1. The number of allylic oxidation sites excluding steroid dienone is 1. The van der Waals surface area contributed by atoms with Gasteiger partial charge in [-0.2, -0.15) is 0 Å². The van der Waals surface area contributed by atoms with Crippen LogP contribution in [-0.2, 0) is 9.53 Å². The lowest BCUT2D eigenvalue weighted by atomic mass is 9.93. The number of hydrogen-bond acceptors (Lipinski definition) is 7. The lowest BCUT2D eigenvalue weighted by Gasteiger charge is -2.27. The topological polar surface area (TPSA) is 79.1 Å². The normalized spacial score (nSPS) is 15.3. The Morgan fingerprint density at radius 2 is 1.82 bits per heavy atom. The van der Waals surface area contributed by atoms with Gasteiger partial charge in [-0.05, 0) is 69.7 Å². The van der Waals surface area contributed by atoms with Crippen molar-refractivity contribution in [2.24, 2.45) is 4.99 Å². The van der Waals surface area contributed by atoms with Crippen molar-refractivity contribution in [3.8, 4) is 11.5 Å². The third-order valence-corrected chi connectivity index (χ3v) is 7.45. The molecule has 0 amide bonds. The Bertz CT molecular complexity index is 1610. The summed E-state index contributed by atoms with van der Waals surface area (Å²) >= 11 is 13.9. The summed E-state index contributed by atoms with van der Waals surface area (Å²) in [7, 11) is 1.53. The van der Waals surface area contributed by atoms with Gasteiger partial charge in [0.25, 0.3) is 5.56 Å². The van der Waals surface area contributed by atoms with Crippen LogP contribution in [0.1, 0.15) is 57.7 Å². The SMILES string of the molecule is CCCC1=C(C(=O)OCC)[C@H](c2cc(Cl)ccc2OC)n2c(s/c(=C\c3cc(Cl)ccc3OC(C)C)c2=O)=N1. The van der Waals surface area contributed by atoms with Gasteiger partial charge in [-0.25, -0.2) is 9.79 Å². The molecule has 0 N–H and O–H groups in total. The average Bonchev–Trinajstić information content (AvgIpc) is 3.19. The number of hydrogen-bond donors (Lipinski definition) is 0. The summed E-state index contributed by atoms with van der Waals surface area (Å²) in [5.74, 6) is 0.557. The van der Waals surface area contributed by atoms with Crippen LogP contribution < -0.4 is 24.4 Å². The first-order valence-corrected chi connectivity index (χ1v) is 14.3. The predicted molar refractivity (Wildman–Crippen MR) is 155 cm³/mol. The number of fused-ring (bicyclic) bond motifs is 1. The first kappa shape index (κ1) is 28.9. The first-order valence-electron chi connectivity index (χ1n) is 12.7. The summed E-state index contributed by atoms with van der Waals surface area (Å²) in [5.41, 5.74) is 1.78. The highest BCUT2D eigenvalue weighted by atomic mass is 35.5. The molecule has 10 heteroatoms. The zero-order valence-electron chi connectivity index (χ0n) is 22.4. The Hall–Kier alpha value is -3.07. The fourth-order valence-corrected chi connectivity index (χ4v) is 5.84. The average molecular weight is 590 g/mol. The smallest absolute Gasteiger partial charge is 0.338 e. The van der Waals surface area contributed by atoms with Gasteiger partial charge >= 0.3 is 5.97 Å². The van der Waals surface area contributed by atoms with Gasteiger partial charge in [0.15, 0.2) is 4.80 Å². The molecule has 0 fully saturated rings. The molecule has 206 valence electrons. The van der Waals surface area contributed by atoms with Crippen LogP contribution in [0.25, 0.3) is 6.08 Å². The van der Waals surface area contributed by atoms with Crippen LogP contribution in [0.3, 0.4) is 0 Å². The second-order valence-electron chi connectivity index (χ2n) is 9.15. The number of rotatable bonds is 9. The van der Waals surface area contributed by atoms with Crippen molar-refractivity contribution < 1.29 is 19.0 Å². The monoisotopic (exact) mass is 588 g/mol. The minimum Gasteiger partial charge on any atom is -0.496 e. The Labute approximate surface area is 241 Å². The van der Waals surface area contributed by atoms with E-state index in [-0.39, 0.29) is 18.3 Å². The van der Waals surface area contributed by atoms with Gasteiger partial charge in [-0.15, -0.1) is 0 Å². The fourth-order valence-electron chi connectivity index (χ4n) is 4.47. The third-order valence-electron chi connectivity index (χ3n) is 6.00. The van der Waals surface area contributed by atoms with Crippen molar-refractivity contribution >= 4 is 46.6 Å². The van der Waals surface area contributed by atoms with E-state index >= 15 is 0 Å². The van der Waals surface area contributed by atoms with E-state index in [4.69, 9.17) is 42.4 Å². The molecule has 1 aliphatic rings. The largest absolute Gasteiger partial charge is 0.496 e. The van der Waals surface area contributed by atoms with Crippen LogP contribution >= 0.6 is 34.5 Å². The van der Waals surface area contributed by atoms with Crippen LogP contribution in [0.15, 0.2) is 57.5 Å². The Morgan fingerprint density at radius 3 is 2.46 bits per heavy atom. The molecule has 2 heterocycles. The standard InChI is InChI=1S/C29H30Cl2N2O5S/c1-6-8-21-25(28(35)37-7-2)26(20-15-19(31)10-12-23(20)36-5)33-27(34)24(39-29(33)32-21)14-17-13-18(30)9-11-22(17)38-16(3)4/h9-16,26H,6-8H2,1-5H3/b24-14-/t26-/m0/s1. The van der Waals surface area contributed by atoms with Crippen LogP contribution in [-0.4, -0.2) is 30.4 Å². The molecule has 0 unspecified atom stereocenters. The second kappa shape index (κ2) is 12.4. The Kier molecular flexibility index (Phi) is 9.20. The molecule has 7 nitrogen and oxygen atoms in total. The number of ether oxygens (including phenoxy) is 3. The van der Waals surface area contributed by atoms with Gasteiger partial charge in [0.1, 0.15) is 17.5 Å². The Balaban J connectivity index is 2.05. The zero-order valence-corrected chi connectivity index (χ0v) is 24.7. The summed E-state index contributed by atoms with van der Waals surface area (Å²) in [6.45, 7) is 7.78. The predicted octanol–water partition coefficient (Wildman–Crippen LogP) is 5.68. The molecule has 39 heavy (non-hydrogen) atoms. The van der Waals surface area contributed by atoms with Gasteiger partial charge in [0.2, 0.25) is 0 Å². The van der Waals surface area contributed by atoms with Crippen molar-refractivity contribution in [1.82, 2.24) is 4.57 Å². The van der Waals surface area contributed by atoms with Gasteiger partial charge < -0.3 is 14.2 Å². The number of carbonyl (C=O) groups excluding carboxylic acids is 1. The number of methoxy groups -OCH3 is 1. The lowest BCUT2D eigenvalue weighted by Crippen LogP contribution is -2.40. The van der Waals surface area contributed by atoms with E-state index in [1.54, 1.807) is 49.4 Å². The summed E-state index contributed by atoms with van der Waals surface area (Å²) in [6.07, 6.45) is 2.94. The molecule has 4 rings (SSSR count). The molecular weight excluding hydrogens is 559 g/mol. The zero-order chi connectivity index (χ0) is 28.3. The van der Waals surface area contributed by atoms with E-state index in [0.29, 0.717) is 59.7 Å². The van der Waals surface area contributed by atoms with Crippen molar-refractivity contribution in [1.29, 1.82) is 0 Å². The summed E-state index contributed by atoms with van der Waals surface area (Å²) in [5, 5.41) is 0.959. The second-order valence-corrected chi connectivity index (χ2v) is 11.0. The highest BCUT2D eigenvalue weighted by Gasteiger charge is 2.36. The van der Waals surface area contributed by atoms with E-state index in [1.807, 2.05) is 20.8 Å². The molecular formula is C29H30Cl2N2O5S. The third kappa shape index (κ3) is 6.08. The van der Waals surface area contributed by atoms with Crippen LogP contribution in [0.2, 0.25) is 10.0 Å². The number of esters is 1. The molecule has 2 aromatic carbocycles. The van der Waals surface area contributed by atoms with E-state index < -0.39 is 12.0 Å². The van der Waals surface area contributed by atoms with Crippen molar-refractivity contribution in [3.05, 3.63) is 88.5 Å².